The highest BCUT2D eigenvalue weighted by Gasteiger charge is 2.19. The van der Waals surface area contributed by atoms with Crippen LogP contribution in [0.5, 0.6) is 0 Å². The normalized spacial score (nSPS) is 13.1. The minimum absolute atomic E-state index is 0.108. The van der Waals surface area contributed by atoms with Crippen LogP contribution in [0.15, 0.2) is 134 Å². The maximum Gasteiger partial charge on any atom is 0.306 e. The molecule has 74 heavy (non-hydrogen) atoms. The second-order valence-corrected chi connectivity index (χ2v) is 19.5. The van der Waals surface area contributed by atoms with Crippen LogP contribution in [0.2, 0.25) is 0 Å². The maximum atomic E-state index is 12.8. The van der Waals surface area contributed by atoms with E-state index in [4.69, 9.17) is 14.2 Å². The molecule has 0 radical (unpaired) electrons. The molecule has 0 aliphatic heterocycles. The summed E-state index contributed by atoms with van der Waals surface area (Å²) in [6.45, 7) is 6.34. The van der Waals surface area contributed by atoms with Crippen molar-refractivity contribution in [3.8, 4) is 0 Å². The fourth-order valence-corrected chi connectivity index (χ4v) is 7.97. The van der Waals surface area contributed by atoms with Gasteiger partial charge in [0, 0.05) is 19.3 Å². The molecule has 0 aliphatic carbocycles. The molecule has 0 saturated carbocycles. The van der Waals surface area contributed by atoms with Gasteiger partial charge in [-0.2, -0.15) is 0 Å². The molecular weight excluding hydrogens is 913 g/mol. The highest BCUT2D eigenvalue weighted by Crippen LogP contribution is 2.15. The number of unbranched alkanes of at least 4 members (excludes halogenated alkanes) is 20. The van der Waals surface area contributed by atoms with Crippen molar-refractivity contribution in [2.45, 2.75) is 264 Å². The van der Waals surface area contributed by atoms with E-state index in [-0.39, 0.29) is 37.5 Å². The number of hydrogen-bond donors (Lipinski definition) is 0. The number of rotatable bonds is 53. The van der Waals surface area contributed by atoms with Gasteiger partial charge in [0.1, 0.15) is 13.2 Å². The topological polar surface area (TPSA) is 78.9 Å². The van der Waals surface area contributed by atoms with Gasteiger partial charge in [-0.15, -0.1) is 0 Å². The monoisotopic (exact) mass is 1020 g/mol. The largest absolute Gasteiger partial charge is 0.462 e. The molecule has 0 amide bonds. The maximum absolute atomic E-state index is 12.8. The molecule has 0 aliphatic rings. The fourth-order valence-electron chi connectivity index (χ4n) is 7.97. The summed E-state index contributed by atoms with van der Waals surface area (Å²) in [6.07, 6.45) is 86.1. The van der Waals surface area contributed by atoms with E-state index < -0.39 is 6.10 Å². The van der Waals surface area contributed by atoms with Crippen molar-refractivity contribution in [2.24, 2.45) is 0 Å². The number of esters is 3. The molecule has 0 N–H and O–H groups in total. The van der Waals surface area contributed by atoms with Gasteiger partial charge in [0.05, 0.1) is 0 Å². The van der Waals surface area contributed by atoms with Gasteiger partial charge in [-0.3, -0.25) is 14.4 Å². The zero-order chi connectivity index (χ0) is 53.6. The Kier molecular flexibility index (Phi) is 57.4. The summed E-state index contributed by atoms with van der Waals surface area (Å²) >= 11 is 0. The molecule has 6 heteroatoms. The van der Waals surface area contributed by atoms with E-state index in [0.717, 1.165) is 116 Å². The standard InChI is InChI=1S/C68H110O6/c1-4-7-10-13-16-19-22-25-27-28-29-30-31-32-33-34-35-36-37-38-39-40-41-44-46-49-52-55-58-61-67(70)73-64-65(63-72-66(69)60-57-54-51-48-45-42-24-21-18-15-12-9-6-3)74-68(71)62-59-56-53-50-47-43-26-23-20-17-14-11-8-5-2/h7,9-10,12,16,18-19,21,25,27,29-30,32-33,35-36,38-39,42,45,51,54,65H,4-6,8,11,13-15,17,20,22-24,26,28,31,34,37,40-41,43-44,46-50,52-53,55-64H2,1-3H3/b10-7-,12-9-,19-16-,21-18-,27-25-,30-29-,33-32-,36-35-,39-38-,45-42-,54-51-. The minimum Gasteiger partial charge on any atom is -0.462 e. The predicted molar refractivity (Wildman–Crippen MR) is 320 cm³/mol. The summed E-state index contributed by atoms with van der Waals surface area (Å²) < 4.78 is 16.8. The van der Waals surface area contributed by atoms with Crippen LogP contribution in [-0.4, -0.2) is 37.2 Å². The summed E-state index contributed by atoms with van der Waals surface area (Å²) in [7, 11) is 0. The van der Waals surface area contributed by atoms with Crippen LogP contribution in [0.4, 0.5) is 0 Å². The van der Waals surface area contributed by atoms with Gasteiger partial charge < -0.3 is 14.2 Å². The van der Waals surface area contributed by atoms with Crippen molar-refractivity contribution in [2.75, 3.05) is 13.2 Å². The Morgan fingerprint density at radius 3 is 0.905 bits per heavy atom. The SMILES string of the molecule is CC/C=C\C/C=C\C/C=C\C/C=C\C/C=C\C/C=C\C/C=C\CCCCCCCCCC(=O)OCC(COC(=O)CC/C=C\C/C=C\C/C=C\C/C=C\CC)OC(=O)CCCCCCCCCCCCCCCC. The molecule has 0 aromatic carbocycles. The van der Waals surface area contributed by atoms with Crippen molar-refractivity contribution in [3.63, 3.8) is 0 Å². The molecular formula is C68H110O6. The van der Waals surface area contributed by atoms with Crippen molar-refractivity contribution in [1.29, 1.82) is 0 Å². The van der Waals surface area contributed by atoms with Gasteiger partial charge >= 0.3 is 17.9 Å². The predicted octanol–water partition coefficient (Wildman–Crippen LogP) is 20.6. The second kappa shape index (κ2) is 61.1. The Labute approximate surface area is 455 Å². The molecule has 0 bridgehead atoms. The first kappa shape index (κ1) is 69.5. The third-order valence-corrected chi connectivity index (χ3v) is 12.4. The van der Waals surface area contributed by atoms with E-state index in [1.807, 2.05) is 6.08 Å². The average molecular weight is 1020 g/mol. The number of ether oxygens (including phenoxy) is 3. The Morgan fingerprint density at radius 2 is 0.554 bits per heavy atom. The zero-order valence-electron chi connectivity index (χ0n) is 47.8. The van der Waals surface area contributed by atoms with Crippen LogP contribution in [0.1, 0.15) is 258 Å². The summed E-state index contributed by atoms with van der Waals surface area (Å²) in [5.41, 5.74) is 0. The van der Waals surface area contributed by atoms with E-state index >= 15 is 0 Å². The molecule has 0 aromatic heterocycles. The summed E-state index contributed by atoms with van der Waals surface area (Å²) in [6, 6.07) is 0. The van der Waals surface area contributed by atoms with Crippen molar-refractivity contribution in [3.05, 3.63) is 134 Å². The van der Waals surface area contributed by atoms with Crippen LogP contribution in [0.3, 0.4) is 0 Å². The smallest absolute Gasteiger partial charge is 0.306 e. The lowest BCUT2D eigenvalue weighted by molar-refractivity contribution is -0.166. The highest BCUT2D eigenvalue weighted by molar-refractivity contribution is 5.71. The van der Waals surface area contributed by atoms with Gasteiger partial charge in [0.15, 0.2) is 6.10 Å². The second-order valence-electron chi connectivity index (χ2n) is 19.5. The van der Waals surface area contributed by atoms with Gasteiger partial charge in [0.25, 0.3) is 0 Å². The lowest BCUT2D eigenvalue weighted by Crippen LogP contribution is -2.30. The summed E-state index contributed by atoms with van der Waals surface area (Å²) in [5.74, 6) is -1.00. The molecule has 0 fully saturated rings. The first-order valence-corrected chi connectivity index (χ1v) is 30.2. The van der Waals surface area contributed by atoms with Crippen LogP contribution >= 0.6 is 0 Å². The zero-order valence-corrected chi connectivity index (χ0v) is 47.8. The van der Waals surface area contributed by atoms with E-state index in [1.54, 1.807) is 0 Å². The van der Waals surface area contributed by atoms with Crippen LogP contribution < -0.4 is 0 Å². The molecule has 0 saturated heterocycles. The summed E-state index contributed by atoms with van der Waals surface area (Å²) in [5, 5.41) is 0. The van der Waals surface area contributed by atoms with E-state index in [1.165, 1.54) is 96.3 Å². The van der Waals surface area contributed by atoms with Crippen molar-refractivity contribution >= 4 is 17.9 Å². The van der Waals surface area contributed by atoms with E-state index in [0.29, 0.717) is 19.3 Å². The third-order valence-electron chi connectivity index (χ3n) is 12.4. The molecule has 1 atom stereocenters. The Hall–Kier alpha value is -4.45. The minimum atomic E-state index is -0.814. The number of carbonyl (C=O) groups excluding carboxylic acids is 3. The lowest BCUT2D eigenvalue weighted by Gasteiger charge is -2.18. The Bertz CT molecular complexity index is 1600. The Balaban J connectivity index is 4.36. The Morgan fingerprint density at radius 1 is 0.284 bits per heavy atom. The van der Waals surface area contributed by atoms with Gasteiger partial charge in [-0.25, -0.2) is 0 Å². The molecule has 0 spiro atoms. The lowest BCUT2D eigenvalue weighted by atomic mass is 10.0. The molecule has 0 aromatic rings. The average Bonchev–Trinajstić information content (AvgIpc) is 3.40. The van der Waals surface area contributed by atoms with Gasteiger partial charge in [0.2, 0.25) is 0 Å². The van der Waals surface area contributed by atoms with Crippen molar-refractivity contribution < 1.29 is 28.6 Å². The molecule has 1 unspecified atom stereocenters. The molecule has 418 valence electrons. The van der Waals surface area contributed by atoms with Gasteiger partial charge in [-0.05, 0) is 103 Å². The van der Waals surface area contributed by atoms with Crippen LogP contribution in [0.25, 0.3) is 0 Å². The highest BCUT2D eigenvalue weighted by atomic mass is 16.6. The summed E-state index contributed by atoms with van der Waals surface area (Å²) in [4.78, 5) is 38.1. The number of allylic oxidation sites excluding steroid dienone is 22. The van der Waals surface area contributed by atoms with E-state index in [9.17, 15) is 14.4 Å². The van der Waals surface area contributed by atoms with Gasteiger partial charge in [-0.1, -0.05) is 270 Å². The van der Waals surface area contributed by atoms with Crippen LogP contribution in [-0.2, 0) is 28.6 Å². The fraction of sp³-hybridized carbons (Fsp3) is 0.632. The van der Waals surface area contributed by atoms with Crippen molar-refractivity contribution in [1.82, 2.24) is 0 Å². The molecule has 0 heterocycles. The molecule has 6 nitrogen and oxygen atoms in total. The molecule has 0 rings (SSSR count). The quantitative estimate of drug-likeness (QED) is 0.0261. The number of hydrogen-bond acceptors (Lipinski definition) is 6. The third kappa shape index (κ3) is 58.4. The van der Waals surface area contributed by atoms with Crippen LogP contribution in [0, 0.1) is 0 Å². The first-order chi connectivity index (χ1) is 36.5. The number of carbonyl (C=O) groups is 3. The first-order valence-electron chi connectivity index (χ1n) is 30.2. The van der Waals surface area contributed by atoms with E-state index in [2.05, 4.69) is 148 Å².